The van der Waals surface area contributed by atoms with Crippen molar-refractivity contribution < 1.29 is 20.5 Å². The molecule has 0 atom stereocenters. The molecule has 0 aliphatic heterocycles. The van der Waals surface area contributed by atoms with E-state index in [4.69, 9.17) is 20.7 Å². The van der Waals surface area contributed by atoms with Gasteiger partial charge in [0.2, 0.25) is 5.91 Å². The first-order chi connectivity index (χ1) is 21.0. The molecule has 4 aromatic rings. The van der Waals surface area contributed by atoms with Crippen LogP contribution in [0.15, 0.2) is 67.4 Å². The predicted octanol–water partition coefficient (Wildman–Crippen LogP) is 4.36. The highest BCUT2D eigenvalue weighted by atomic mass is 16.5. The van der Waals surface area contributed by atoms with E-state index in [1.165, 1.54) is 24.1 Å². The molecule has 37 heavy (non-hydrogen) atoms. The van der Waals surface area contributed by atoms with Crippen LogP contribution in [0.3, 0.4) is 0 Å². The molecule has 0 aliphatic carbocycles. The van der Waals surface area contributed by atoms with Gasteiger partial charge >= 0.3 is 0 Å². The Morgan fingerprint density at radius 3 is 2.95 bits per heavy atom. The zero-order valence-corrected chi connectivity index (χ0v) is 21.2. The number of nitrogens with one attached hydrogen (secondary N) is 1. The summed E-state index contributed by atoms with van der Waals surface area (Å²) in [4.78, 5) is 24.1. The highest BCUT2D eigenvalue weighted by Crippen LogP contribution is 2.35. The summed E-state index contributed by atoms with van der Waals surface area (Å²) in [6, 6.07) is 11.5. The number of methoxy groups -OCH3 is 1. The number of carbonyl (C=O) groups is 1. The van der Waals surface area contributed by atoms with Crippen molar-refractivity contribution in [3.05, 3.63) is 78.8 Å². The second kappa shape index (κ2) is 11.3. The van der Waals surface area contributed by atoms with E-state index >= 15 is 0 Å². The summed E-state index contributed by atoms with van der Waals surface area (Å²) in [5.74, 6) is -0.569. The summed E-state index contributed by atoms with van der Waals surface area (Å²) >= 11 is 0. The van der Waals surface area contributed by atoms with Gasteiger partial charge in [0, 0.05) is 78.1 Å². The lowest BCUT2D eigenvalue weighted by atomic mass is 10.1. The van der Waals surface area contributed by atoms with Gasteiger partial charge in [-0.2, -0.15) is 0 Å². The van der Waals surface area contributed by atoms with Crippen LogP contribution in [0.5, 0.6) is 5.75 Å². The second-order valence-electron chi connectivity index (χ2n) is 8.70. The van der Waals surface area contributed by atoms with Crippen LogP contribution < -0.4 is 15.0 Å². The summed E-state index contributed by atoms with van der Waals surface area (Å²) in [6.45, 7) is -6.84. The van der Waals surface area contributed by atoms with Gasteiger partial charge in [0.25, 0.3) is 0 Å². The van der Waals surface area contributed by atoms with Crippen molar-refractivity contribution in [1.29, 1.82) is 0 Å². The van der Waals surface area contributed by atoms with Crippen LogP contribution in [0.25, 0.3) is 22.2 Å². The van der Waals surface area contributed by atoms with E-state index in [2.05, 4.69) is 10.3 Å². The Labute approximate surface area is 229 Å². The summed E-state index contributed by atoms with van der Waals surface area (Å²) in [7, 11) is 6.51. The molecule has 192 valence electrons. The fraction of sp³-hybridized carbons (Fsp3) is 0.276. The first-order valence-corrected chi connectivity index (χ1v) is 11.5. The Balaban J connectivity index is 1.86. The number of ether oxygens (including phenoxy) is 1. The minimum absolute atomic E-state index is 0.0784. The average Bonchev–Trinajstić information content (AvgIpc) is 3.28. The minimum atomic E-state index is -3.02. The van der Waals surface area contributed by atoms with Crippen LogP contribution in [-0.2, 0) is 18.3 Å². The Hall–Kier alpha value is -4.17. The summed E-state index contributed by atoms with van der Waals surface area (Å²) in [5.41, 5.74) is 2.63. The Morgan fingerprint density at radius 1 is 1.35 bits per heavy atom. The molecule has 0 bridgehead atoms. The molecule has 4 rings (SSSR count). The molecule has 0 fully saturated rings. The maximum absolute atomic E-state index is 12.8. The van der Waals surface area contributed by atoms with Crippen molar-refractivity contribution in [3.8, 4) is 17.0 Å². The molecular formula is C29H34N6O2. The van der Waals surface area contributed by atoms with Crippen LogP contribution in [-0.4, -0.2) is 66.6 Å². The van der Waals surface area contributed by atoms with Gasteiger partial charge in [0.05, 0.1) is 31.0 Å². The van der Waals surface area contributed by atoms with E-state index in [1.807, 2.05) is 42.1 Å². The number of amides is 1. The topological polar surface area (TPSA) is 75.5 Å². The lowest BCUT2D eigenvalue weighted by Gasteiger charge is -2.25. The van der Waals surface area contributed by atoms with Crippen LogP contribution in [0.1, 0.15) is 22.4 Å². The number of anilines is 2. The van der Waals surface area contributed by atoms with Crippen LogP contribution >= 0.6 is 0 Å². The van der Waals surface area contributed by atoms with Gasteiger partial charge in [-0.1, -0.05) is 24.7 Å². The lowest BCUT2D eigenvalue weighted by molar-refractivity contribution is -0.111. The number of benzene rings is 2. The van der Waals surface area contributed by atoms with E-state index in [9.17, 15) is 4.79 Å². The van der Waals surface area contributed by atoms with E-state index in [0.717, 1.165) is 16.5 Å². The number of aryl methyl sites for hydroxylation is 1. The van der Waals surface area contributed by atoms with Gasteiger partial charge in [-0.25, -0.2) is 9.97 Å². The van der Waals surface area contributed by atoms with E-state index in [-0.39, 0.29) is 30.1 Å². The van der Waals surface area contributed by atoms with Crippen molar-refractivity contribution in [2.75, 3.05) is 51.4 Å². The molecule has 0 radical (unpaired) electrons. The number of likely N-dealkylation sites (N-methyl/N-ethyl adjacent to an activating group) is 2. The number of hydrogen-bond donors (Lipinski definition) is 1. The number of fused-ring (bicyclic) bond motifs is 1. The van der Waals surface area contributed by atoms with E-state index in [1.54, 1.807) is 26.4 Å². The molecule has 0 saturated carbocycles. The Kier molecular flexibility index (Phi) is 5.27. The lowest BCUT2D eigenvalue weighted by Crippen LogP contribution is -2.29. The quantitative estimate of drug-likeness (QED) is 0.322. The van der Waals surface area contributed by atoms with Gasteiger partial charge in [-0.05, 0) is 38.3 Å². The number of nitrogens with zero attached hydrogens (tertiary/aromatic N) is 5. The standard InChI is InChI=1S/C29H34N6O2/c1-7-29(36)32-24-16-20(27(37-6)18-26(24)34(4)15-14-33(2)3)17-28-30-13-12-23(31-28)22-19-35(5)25-11-9-8-10-21(22)25/h7-13,16,18-19H,1,14-15,17H2,2-6H3,(H,32,36)/i1D2,4D3,7D,15D2. The first kappa shape index (κ1) is 17.3. The number of para-hydroxylation sites is 1. The largest absolute Gasteiger partial charge is 0.496 e. The van der Waals surface area contributed by atoms with E-state index < -0.39 is 32.0 Å². The first-order valence-electron chi connectivity index (χ1n) is 15.5. The Morgan fingerprint density at radius 2 is 2.19 bits per heavy atom. The normalized spacial score (nSPS) is 14.8. The Bertz CT molecular complexity index is 1750. The molecular weight excluding hydrogens is 464 g/mol. The van der Waals surface area contributed by atoms with Gasteiger partial charge in [-0.15, -0.1) is 0 Å². The van der Waals surface area contributed by atoms with Crippen LogP contribution in [0.2, 0.25) is 0 Å². The number of hydrogen-bond acceptors (Lipinski definition) is 6. The highest BCUT2D eigenvalue weighted by molar-refractivity contribution is 6.01. The number of rotatable bonds is 10. The minimum Gasteiger partial charge on any atom is -0.496 e. The third-order valence-corrected chi connectivity index (χ3v) is 5.77. The smallest absolute Gasteiger partial charge is 0.247 e. The molecule has 1 amide bonds. The third-order valence-electron chi connectivity index (χ3n) is 5.77. The van der Waals surface area contributed by atoms with Crippen molar-refractivity contribution in [2.24, 2.45) is 7.05 Å². The summed E-state index contributed by atoms with van der Waals surface area (Å²) in [5, 5.41) is 3.42. The highest BCUT2D eigenvalue weighted by Gasteiger charge is 2.17. The molecule has 2 heterocycles. The number of carbonyl (C=O) groups excluding carboxylic acids is 1. The van der Waals surface area contributed by atoms with Gasteiger partial charge < -0.3 is 24.4 Å². The van der Waals surface area contributed by atoms with Crippen molar-refractivity contribution in [3.63, 3.8) is 0 Å². The predicted molar refractivity (Wildman–Crippen MR) is 150 cm³/mol. The van der Waals surface area contributed by atoms with Gasteiger partial charge in [0.15, 0.2) is 0 Å². The fourth-order valence-corrected chi connectivity index (χ4v) is 4.03. The summed E-state index contributed by atoms with van der Waals surface area (Å²) in [6.07, 6.45) is 3.68. The van der Waals surface area contributed by atoms with Crippen molar-refractivity contribution in [2.45, 2.75) is 6.42 Å². The maximum Gasteiger partial charge on any atom is 0.247 e. The van der Waals surface area contributed by atoms with Crippen LogP contribution in [0, 0.1) is 0 Å². The summed E-state index contributed by atoms with van der Waals surface area (Å²) < 4.78 is 72.2. The van der Waals surface area contributed by atoms with Crippen molar-refractivity contribution in [1.82, 2.24) is 19.4 Å². The average molecular weight is 507 g/mol. The molecule has 0 unspecified atom stereocenters. The zero-order valence-electron chi connectivity index (χ0n) is 29.2. The zero-order chi connectivity index (χ0) is 33.3. The molecule has 0 saturated heterocycles. The molecule has 0 aliphatic rings. The molecule has 1 N–H and O–H groups in total. The molecule has 8 nitrogen and oxygen atoms in total. The fourth-order valence-electron chi connectivity index (χ4n) is 4.03. The van der Waals surface area contributed by atoms with Gasteiger partial charge in [-0.3, -0.25) is 4.79 Å². The van der Waals surface area contributed by atoms with Gasteiger partial charge in [0.1, 0.15) is 11.6 Å². The molecule has 8 heteroatoms. The van der Waals surface area contributed by atoms with E-state index in [0.29, 0.717) is 22.0 Å². The molecule has 2 aromatic heterocycles. The maximum atomic E-state index is 12.8. The van der Waals surface area contributed by atoms with Crippen molar-refractivity contribution >= 4 is 28.2 Å². The molecule has 2 aromatic carbocycles. The van der Waals surface area contributed by atoms with Crippen LogP contribution in [0.4, 0.5) is 11.4 Å². The SMILES string of the molecule is [2H]C([2H])=C([2H])C(=O)Nc1cc(Cc2nccc(-c3cn(C)c4ccccc34)n2)c(OC)cc1N(C([2H])([2H])[2H])C([2H])([2H])CN(C)C. The monoisotopic (exact) mass is 506 g/mol. The third kappa shape index (κ3) is 5.81. The molecule has 0 spiro atoms. The number of aromatic nitrogens is 3. The second-order valence-corrected chi connectivity index (χ2v) is 8.70.